The van der Waals surface area contributed by atoms with Crippen molar-refractivity contribution in [1.82, 2.24) is 19.7 Å². The van der Waals surface area contributed by atoms with Crippen LogP contribution in [-0.4, -0.2) is 24.7 Å². The molecular formula is C11H6FN5O3S2. The van der Waals surface area contributed by atoms with Gasteiger partial charge in [-0.3, -0.25) is 10.1 Å². The third-order valence-corrected chi connectivity index (χ3v) is 4.52. The first-order valence-electron chi connectivity index (χ1n) is 5.76. The fourth-order valence-corrected chi connectivity index (χ4v) is 3.40. The van der Waals surface area contributed by atoms with Crippen LogP contribution >= 0.6 is 23.1 Å². The average molecular weight is 339 g/mol. The highest BCUT2D eigenvalue weighted by atomic mass is 32.2. The quantitative estimate of drug-likeness (QED) is 0.577. The van der Waals surface area contributed by atoms with E-state index in [9.17, 15) is 19.3 Å². The van der Waals surface area contributed by atoms with Crippen molar-refractivity contribution in [3.05, 3.63) is 56.9 Å². The second kappa shape index (κ2) is 5.69. The molecule has 0 unspecified atom stereocenters. The van der Waals surface area contributed by atoms with E-state index in [1.807, 2.05) is 0 Å². The van der Waals surface area contributed by atoms with Gasteiger partial charge in [-0.05, 0) is 41.3 Å². The molecule has 1 aromatic carbocycles. The lowest BCUT2D eigenvalue weighted by Gasteiger charge is -2.03. The van der Waals surface area contributed by atoms with Crippen molar-refractivity contribution >= 4 is 28.1 Å². The Morgan fingerprint density at radius 3 is 2.95 bits per heavy atom. The number of hydrogen-bond acceptors (Lipinski definition) is 7. The van der Waals surface area contributed by atoms with Gasteiger partial charge in [-0.25, -0.2) is 23.8 Å². The Morgan fingerprint density at radius 1 is 1.45 bits per heavy atom. The van der Waals surface area contributed by atoms with E-state index in [1.165, 1.54) is 22.8 Å². The Balaban J connectivity index is 1.98. The van der Waals surface area contributed by atoms with Gasteiger partial charge in [-0.2, -0.15) is 0 Å². The predicted octanol–water partition coefficient (Wildman–Crippen LogP) is 2.22. The highest BCUT2D eigenvalue weighted by molar-refractivity contribution is 8.00. The van der Waals surface area contributed by atoms with Crippen LogP contribution in [0.15, 0.2) is 44.8 Å². The van der Waals surface area contributed by atoms with Crippen LogP contribution in [0.25, 0.3) is 5.69 Å². The molecule has 0 spiro atoms. The number of H-pyrrole nitrogens is 1. The number of nitrogens with one attached hydrogen (secondary N) is 1. The summed E-state index contributed by atoms with van der Waals surface area (Å²) in [5.41, 5.74) is -0.244. The van der Waals surface area contributed by atoms with Crippen LogP contribution in [0.1, 0.15) is 0 Å². The highest BCUT2D eigenvalue weighted by Gasteiger charge is 2.17. The summed E-state index contributed by atoms with van der Waals surface area (Å²) in [7, 11) is 0. The second-order valence-corrected chi connectivity index (χ2v) is 6.17. The van der Waals surface area contributed by atoms with E-state index in [0.717, 1.165) is 29.3 Å². The van der Waals surface area contributed by atoms with Crippen LogP contribution in [0, 0.1) is 15.9 Å². The van der Waals surface area contributed by atoms with Gasteiger partial charge in [0.1, 0.15) is 12.0 Å². The third kappa shape index (κ3) is 2.76. The summed E-state index contributed by atoms with van der Waals surface area (Å²) in [6, 6.07) is 5.46. The molecule has 0 saturated heterocycles. The minimum Gasteiger partial charge on any atom is -0.257 e. The molecule has 2 aromatic heterocycles. The fourth-order valence-electron chi connectivity index (χ4n) is 1.65. The molecule has 22 heavy (non-hydrogen) atoms. The van der Waals surface area contributed by atoms with Gasteiger partial charge in [0.15, 0.2) is 4.34 Å². The molecule has 0 fully saturated rings. The molecule has 3 aromatic rings. The Bertz CT molecular complexity index is 903. The third-order valence-electron chi connectivity index (χ3n) is 2.54. The molecule has 112 valence electrons. The smallest absolute Gasteiger partial charge is 0.257 e. The zero-order valence-electron chi connectivity index (χ0n) is 10.6. The minimum atomic E-state index is -0.550. The lowest BCUT2D eigenvalue weighted by molar-refractivity contribution is -0.380. The zero-order valence-corrected chi connectivity index (χ0v) is 12.2. The largest absolute Gasteiger partial charge is 0.348 e. The van der Waals surface area contributed by atoms with E-state index < -0.39 is 16.4 Å². The molecule has 0 aliphatic heterocycles. The molecule has 0 saturated carbocycles. The Hall–Kier alpha value is -2.53. The summed E-state index contributed by atoms with van der Waals surface area (Å²) in [6.45, 7) is 0. The monoisotopic (exact) mass is 339 g/mol. The summed E-state index contributed by atoms with van der Waals surface area (Å²) >= 11 is 1.84. The highest BCUT2D eigenvalue weighted by Crippen LogP contribution is 2.33. The number of hydrogen-bond donors (Lipinski definition) is 1. The Labute approximate surface area is 129 Å². The van der Waals surface area contributed by atoms with Gasteiger partial charge in [0.2, 0.25) is 5.16 Å². The van der Waals surface area contributed by atoms with E-state index >= 15 is 0 Å². The lowest BCUT2D eigenvalue weighted by Crippen LogP contribution is -2.15. The molecule has 0 aliphatic rings. The summed E-state index contributed by atoms with van der Waals surface area (Å²) in [4.78, 5) is 25.8. The molecular weight excluding hydrogens is 333 g/mol. The average Bonchev–Trinajstić information content (AvgIpc) is 3.07. The number of aromatic amines is 1. The number of rotatable bonds is 4. The van der Waals surface area contributed by atoms with Gasteiger partial charge < -0.3 is 0 Å². The van der Waals surface area contributed by atoms with Crippen molar-refractivity contribution in [2.75, 3.05) is 0 Å². The van der Waals surface area contributed by atoms with E-state index in [1.54, 1.807) is 6.07 Å². The number of benzene rings is 1. The number of thiazole rings is 1. The van der Waals surface area contributed by atoms with E-state index in [2.05, 4.69) is 15.2 Å². The molecule has 8 nitrogen and oxygen atoms in total. The molecule has 1 N–H and O–H groups in total. The van der Waals surface area contributed by atoms with Crippen LogP contribution in [-0.2, 0) is 0 Å². The van der Waals surface area contributed by atoms with Crippen LogP contribution in [0.5, 0.6) is 0 Å². The van der Waals surface area contributed by atoms with Crippen molar-refractivity contribution in [2.24, 2.45) is 0 Å². The number of halogens is 1. The maximum absolute atomic E-state index is 13.3. The van der Waals surface area contributed by atoms with Gasteiger partial charge in [0.25, 0.3) is 0 Å². The Kier molecular flexibility index (Phi) is 3.73. The Morgan fingerprint density at radius 2 is 2.27 bits per heavy atom. The number of aromatic nitrogens is 4. The van der Waals surface area contributed by atoms with Crippen LogP contribution in [0.4, 0.5) is 9.39 Å². The first-order valence-corrected chi connectivity index (χ1v) is 7.39. The van der Waals surface area contributed by atoms with Crippen LogP contribution in [0.3, 0.4) is 0 Å². The van der Waals surface area contributed by atoms with Crippen molar-refractivity contribution in [3.63, 3.8) is 0 Å². The molecule has 0 radical (unpaired) electrons. The summed E-state index contributed by atoms with van der Waals surface area (Å²) in [5, 5.41) is 16.8. The molecule has 0 bridgehead atoms. The molecule has 0 aliphatic carbocycles. The first kappa shape index (κ1) is 14.4. The predicted molar refractivity (Wildman–Crippen MR) is 77.0 cm³/mol. The SMILES string of the molecule is O=c1[nH]nc(Sc2ncc([N+](=O)[O-])s2)n1-c1cccc(F)c1. The van der Waals surface area contributed by atoms with Gasteiger partial charge in [-0.1, -0.05) is 6.07 Å². The summed E-state index contributed by atoms with van der Waals surface area (Å²) in [5.74, 6) is -0.494. The normalized spacial score (nSPS) is 10.8. The topological polar surface area (TPSA) is 107 Å². The van der Waals surface area contributed by atoms with Gasteiger partial charge in [0, 0.05) is 0 Å². The van der Waals surface area contributed by atoms with Gasteiger partial charge in [0.05, 0.1) is 10.6 Å². The summed E-state index contributed by atoms with van der Waals surface area (Å²) < 4.78 is 14.8. The van der Waals surface area contributed by atoms with Crippen molar-refractivity contribution in [2.45, 2.75) is 9.50 Å². The molecule has 2 heterocycles. The van der Waals surface area contributed by atoms with E-state index in [-0.39, 0.29) is 10.2 Å². The van der Waals surface area contributed by atoms with Crippen LogP contribution in [0.2, 0.25) is 0 Å². The maximum Gasteiger partial charge on any atom is 0.348 e. The second-order valence-electron chi connectivity index (χ2n) is 3.95. The van der Waals surface area contributed by atoms with Crippen molar-refractivity contribution < 1.29 is 9.31 Å². The number of nitrogens with zero attached hydrogens (tertiary/aromatic N) is 4. The molecule has 0 atom stereocenters. The van der Waals surface area contributed by atoms with E-state index in [0.29, 0.717) is 10.0 Å². The van der Waals surface area contributed by atoms with E-state index in [4.69, 9.17) is 0 Å². The first-order chi connectivity index (χ1) is 10.5. The molecule has 11 heteroatoms. The molecule has 3 rings (SSSR count). The van der Waals surface area contributed by atoms with Crippen molar-refractivity contribution in [3.8, 4) is 5.69 Å². The summed E-state index contributed by atoms with van der Waals surface area (Å²) in [6.07, 6.45) is 1.13. The minimum absolute atomic E-state index is 0.113. The zero-order chi connectivity index (χ0) is 15.7. The van der Waals surface area contributed by atoms with Gasteiger partial charge >= 0.3 is 10.7 Å². The standard InChI is InChI=1S/C11H6FN5O3S2/c12-6-2-1-3-7(4-6)16-9(18)14-15-10(16)22-11-13-5-8(21-11)17(19)20/h1-5H,(H,14,18). The maximum atomic E-state index is 13.3. The lowest BCUT2D eigenvalue weighted by atomic mass is 10.3. The van der Waals surface area contributed by atoms with Crippen LogP contribution < -0.4 is 5.69 Å². The number of nitro groups is 1. The van der Waals surface area contributed by atoms with Gasteiger partial charge in [-0.15, -0.1) is 5.10 Å². The fraction of sp³-hybridized carbons (Fsp3) is 0. The molecule has 0 amide bonds. The van der Waals surface area contributed by atoms with Crippen molar-refractivity contribution in [1.29, 1.82) is 0 Å².